The van der Waals surface area contributed by atoms with Crippen molar-refractivity contribution in [1.29, 1.82) is 0 Å². The van der Waals surface area contributed by atoms with Crippen molar-refractivity contribution in [3.8, 4) is 0 Å². The van der Waals surface area contributed by atoms with Crippen LogP contribution < -0.4 is 15.8 Å². The Labute approximate surface area is 148 Å². The molecular weight excluding hydrogens is 334 g/mol. The second-order valence-electron chi connectivity index (χ2n) is 5.87. The number of hydrogen-bond donors (Lipinski definition) is 3. The molecule has 0 atom stereocenters. The summed E-state index contributed by atoms with van der Waals surface area (Å²) in [6, 6.07) is 13.9. The number of hydrazine groups is 1. The van der Waals surface area contributed by atoms with Gasteiger partial charge in [-0.1, -0.05) is 12.1 Å². The fourth-order valence-electron chi connectivity index (χ4n) is 2.74. The highest BCUT2D eigenvalue weighted by atomic mass is 16.2. The van der Waals surface area contributed by atoms with Crippen LogP contribution in [-0.4, -0.2) is 27.7 Å². The average Bonchev–Trinajstić information content (AvgIpc) is 3.06. The number of amides is 3. The Hall–Kier alpha value is -3.68. The summed E-state index contributed by atoms with van der Waals surface area (Å²) in [6.45, 7) is 0. The molecule has 4 rings (SSSR count). The van der Waals surface area contributed by atoms with Crippen molar-refractivity contribution in [2.75, 3.05) is 10.3 Å². The third kappa shape index (κ3) is 3.00. The number of carbonyl (C=O) groups excluding carboxylic acids is 3. The number of fused-ring (bicyclic) bond motifs is 1. The van der Waals surface area contributed by atoms with Crippen molar-refractivity contribution in [2.45, 2.75) is 12.8 Å². The summed E-state index contributed by atoms with van der Waals surface area (Å²) >= 11 is 0. The van der Waals surface area contributed by atoms with Gasteiger partial charge in [0.25, 0.3) is 5.91 Å². The van der Waals surface area contributed by atoms with E-state index in [0.717, 1.165) is 11.0 Å². The van der Waals surface area contributed by atoms with Gasteiger partial charge < -0.3 is 4.98 Å². The molecule has 26 heavy (non-hydrogen) atoms. The van der Waals surface area contributed by atoms with Gasteiger partial charge in [0.1, 0.15) is 0 Å². The highest BCUT2D eigenvalue weighted by Gasteiger charge is 2.24. The van der Waals surface area contributed by atoms with Gasteiger partial charge in [-0.15, -0.1) is 0 Å². The Kier molecular flexibility index (Phi) is 3.85. The Morgan fingerprint density at radius 2 is 1.81 bits per heavy atom. The van der Waals surface area contributed by atoms with E-state index >= 15 is 0 Å². The molecule has 1 aromatic heterocycles. The summed E-state index contributed by atoms with van der Waals surface area (Å²) in [5.74, 6) is -0.372. The van der Waals surface area contributed by atoms with Crippen LogP contribution in [-0.2, 0) is 9.59 Å². The molecule has 3 N–H and O–H groups in total. The van der Waals surface area contributed by atoms with Crippen LogP contribution in [0.3, 0.4) is 0 Å². The van der Waals surface area contributed by atoms with Crippen LogP contribution in [0.2, 0.25) is 0 Å². The van der Waals surface area contributed by atoms with Crippen molar-refractivity contribution in [3.63, 3.8) is 0 Å². The molecule has 0 spiro atoms. The zero-order valence-corrected chi connectivity index (χ0v) is 13.7. The molecule has 1 fully saturated rings. The molecule has 0 radical (unpaired) electrons. The van der Waals surface area contributed by atoms with E-state index in [9.17, 15) is 14.4 Å². The Morgan fingerprint density at radius 1 is 1.04 bits per heavy atom. The van der Waals surface area contributed by atoms with Gasteiger partial charge in [0.15, 0.2) is 0 Å². The predicted molar refractivity (Wildman–Crippen MR) is 95.4 cm³/mol. The number of H-pyrrole nitrogens is 1. The standard InChI is InChI=1S/C18H15N5O3/c24-15-9-10-16(25)23(22-15)12-7-5-11(6-8-12)17(26)21-18-19-13-3-1-2-4-14(13)20-18/h1-8H,9-10H2,(H,22,24)(H2,19,20,21,26). The number of hydrogen-bond acceptors (Lipinski definition) is 4. The van der Waals surface area contributed by atoms with Gasteiger partial charge >= 0.3 is 0 Å². The number of rotatable bonds is 3. The van der Waals surface area contributed by atoms with E-state index in [1.165, 1.54) is 5.01 Å². The molecule has 3 amide bonds. The largest absolute Gasteiger partial charge is 0.324 e. The normalized spacial score (nSPS) is 14.4. The van der Waals surface area contributed by atoms with Crippen LogP contribution in [0.25, 0.3) is 11.0 Å². The third-order valence-corrected chi connectivity index (χ3v) is 4.06. The van der Waals surface area contributed by atoms with Gasteiger partial charge in [-0.3, -0.25) is 25.1 Å². The Balaban J connectivity index is 1.50. The van der Waals surface area contributed by atoms with Gasteiger partial charge in [0, 0.05) is 18.4 Å². The molecule has 0 bridgehead atoms. The summed E-state index contributed by atoms with van der Waals surface area (Å²) in [5.41, 5.74) is 5.02. The van der Waals surface area contributed by atoms with Crippen molar-refractivity contribution < 1.29 is 14.4 Å². The van der Waals surface area contributed by atoms with E-state index in [-0.39, 0.29) is 30.6 Å². The van der Waals surface area contributed by atoms with Crippen LogP contribution >= 0.6 is 0 Å². The fraction of sp³-hybridized carbons (Fsp3) is 0.111. The fourth-order valence-corrected chi connectivity index (χ4v) is 2.74. The minimum Gasteiger partial charge on any atom is -0.324 e. The molecule has 3 aromatic rings. The van der Waals surface area contributed by atoms with E-state index in [4.69, 9.17) is 0 Å². The summed E-state index contributed by atoms with van der Waals surface area (Å²) < 4.78 is 0. The number of carbonyl (C=O) groups is 3. The van der Waals surface area contributed by atoms with Gasteiger partial charge in [0.2, 0.25) is 17.8 Å². The lowest BCUT2D eigenvalue weighted by atomic mass is 10.1. The maximum absolute atomic E-state index is 12.4. The summed E-state index contributed by atoms with van der Waals surface area (Å²) in [4.78, 5) is 43.1. The van der Waals surface area contributed by atoms with Gasteiger partial charge in [-0.25, -0.2) is 9.99 Å². The third-order valence-electron chi connectivity index (χ3n) is 4.06. The van der Waals surface area contributed by atoms with Crippen LogP contribution in [0, 0.1) is 0 Å². The second kappa shape index (κ2) is 6.32. The number of imidazole rings is 1. The van der Waals surface area contributed by atoms with Crippen molar-refractivity contribution in [1.82, 2.24) is 15.4 Å². The van der Waals surface area contributed by atoms with Gasteiger partial charge in [0.05, 0.1) is 16.7 Å². The molecule has 1 saturated heterocycles. The molecule has 0 aliphatic carbocycles. The number of para-hydroxylation sites is 2. The monoisotopic (exact) mass is 349 g/mol. The maximum Gasteiger partial charge on any atom is 0.257 e. The summed E-state index contributed by atoms with van der Waals surface area (Å²) in [6.07, 6.45) is 0.355. The summed E-state index contributed by atoms with van der Waals surface area (Å²) in [5, 5.41) is 3.91. The number of nitrogens with zero attached hydrogens (tertiary/aromatic N) is 2. The number of anilines is 2. The molecule has 1 aliphatic rings. The molecule has 0 saturated carbocycles. The molecular formula is C18H15N5O3. The highest BCUT2D eigenvalue weighted by molar-refractivity contribution is 6.05. The van der Waals surface area contributed by atoms with Crippen LogP contribution in [0.4, 0.5) is 11.6 Å². The van der Waals surface area contributed by atoms with Gasteiger partial charge in [-0.2, -0.15) is 0 Å². The first-order valence-electron chi connectivity index (χ1n) is 8.09. The van der Waals surface area contributed by atoms with Gasteiger partial charge in [-0.05, 0) is 36.4 Å². The van der Waals surface area contributed by atoms with E-state index in [2.05, 4.69) is 20.7 Å². The lowest BCUT2D eigenvalue weighted by Crippen LogP contribution is -2.50. The molecule has 130 valence electrons. The minimum absolute atomic E-state index is 0.167. The van der Waals surface area contributed by atoms with Crippen molar-refractivity contribution in [3.05, 3.63) is 54.1 Å². The first-order chi connectivity index (χ1) is 12.6. The smallest absolute Gasteiger partial charge is 0.257 e. The average molecular weight is 349 g/mol. The van der Waals surface area contributed by atoms with E-state index < -0.39 is 0 Å². The maximum atomic E-state index is 12.4. The molecule has 2 heterocycles. The number of aromatic nitrogens is 2. The second-order valence-corrected chi connectivity index (χ2v) is 5.87. The van der Waals surface area contributed by atoms with Crippen LogP contribution in [0.1, 0.15) is 23.2 Å². The minimum atomic E-state index is -0.329. The zero-order valence-electron chi connectivity index (χ0n) is 13.7. The first-order valence-corrected chi connectivity index (χ1v) is 8.09. The summed E-state index contributed by atoms with van der Waals surface area (Å²) in [7, 11) is 0. The zero-order chi connectivity index (χ0) is 18.1. The topological polar surface area (TPSA) is 107 Å². The molecule has 0 unspecified atom stereocenters. The SMILES string of the molecule is O=C1CCC(=O)N(c2ccc(C(=O)Nc3nc4ccccc4[nH]3)cc2)N1. The number of benzene rings is 2. The van der Waals surface area contributed by atoms with Crippen molar-refractivity contribution in [2.24, 2.45) is 0 Å². The Morgan fingerprint density at radius 3 is 2.58 bits per heavy atom. The predicted octanol–water partition coefficient (Wildman–Crippen LogP) is 1.97. The first kappa shape index (κ1) is 15.8. The number of aromatic amines is 1. The lowest BCUT2D eigenvalue weighted by molar-refractivity contribution is -0.130. The molecule has 1 aliphatic heterocycles. The van der Waals surface area contributed by atoms with Crippen LogP contribution in [0.5, 0.6) is 0 Å². The van der Waals surface area contributed by atoms with E-state index in [1.54, 1.807) is 24.3 Å². The van der Waals surface area contributed by atoms with Crippen LogP contribution in [0.15, 0.2) is 48.5 Å². The van der Waals surface area contributed by atoms with Crippen molar-refractivity contribution >= 4 is 40.4 Å². The Bertz CT molecular complexity index is 976. The van der Waals surface area contributed by atoms with E-state index in [1.807, 2.05) is 24.3 Å². The molecule has 8 nitrogen and oxygen atoms in total. The molecule has 8 heteroatoms. The quantitative estimate of drug-likeness (QED) is 0.672. The highest BCUT2D eigenvalue weighted by Crippen LogP contribution is 2.19. The van der Waals surface area contributed by atoms with E-state index in [0.29, 0.717) is 17.2 Å². The number of nitrogens with one attached hydrogen (secondary N) is 3. The lowest BCUT2D eigenvalue weighted by Gasteiger charge is -2.27. The molecule has 2 aromatic carbocycles.